The van der Waals surface area contributed by atoms with Gasteiger partial charge in [0, 0.05) is 36.8 Å². The first kappa shape index (κ1) is 18.8. The SMILES string of the molecule is COC(=O)C1=C(CN2CCSCC2)NC(=O)N[C@@H]1c1ccc(C)cc1C. The molecule has 2 aliphatic rings. The fourth-order valence-corrected chi connectivity index (χ4v) is 4.44. The quantitative estimate of drug-likeness (QED) is 0.789. The lowest BCUT2D eigenvalue weighted by Crippen LogP contribution is -2.49. The second-order valence-electron chi connectivity index (χ2n) is 6.66. The number of carbonyl (C=O) groups excluding carboxylic acids is 2. The second-order valence-corrected chi connectivity index (χ2v) is 7.89. The highest BCUT2D eigenvalue weighted by Crippen LogP contribution is 2.30. The summed E-state index contributed by atoms with van der Waals surface area (Å²) >= 11 is 1.92. The van der Waals surface area contributed by atoms with Crippen LogP contribution in [0.15, 0.2) is 29.5 Å². The van der Waals surface area contributed by atoms with Crippen LogP contribution < -0.4 is 10.6 Å². The molecule has 2 heterocycles. The van der Waals surface area contributed by atoms with Crippen molar-refractivity contribution in [3.63, 3.8) is 0 Å². The van der Waals surface area contributed by atoms with Crippen molar-refractivity contribution in [1.29, 1.82) is 0 Å². The van der Waals surface area contributed by atoms with Crippen molar-refractivity contribution in [1.82, 2.24) is 15.5 Å². The average molecular weight is 375 g/mol. The standard InChI is InChI=1S/C19H25N3O3S/c1-12-4-5-14(13(2)10-12)17-16(18(23)25-3)15(20-19(24)21-17)11-22-6-8-26-9-7-22/h4-5,10,17H,6-9,11H2,1-3H3,(H2,20,21,24)/t17-/m1/s1. The Balaban J connectivity index is 2.01. The summed E-state index contributed by atoms with van der Waals surface area (Å²) < 4.78 is 5.05. The highest BCUT2D eigenvalue weighted by molar-refractivity contribution is 7.99. The third-order valence-corrected chi connectivity index (χ3v) is 5.72. The molecule has 0 aromatic heterocycles. The summed E-state index contributed by atoms with van der Waals surface area (Å²) in [5.41, 5.74) is 4.21. The number of thioether (sulfide) groups is 1. The first-order valence-corrected chi connectivity index (χ1v) is 9.91. The molecule has 2 N–H and O–H groups in total. The Morgan fingerprint density at radius 3 is 2.69 bits per heavy atom. The lowest BCUT2D eigenvalue weighted by atomic mass is 9.91. The molecule has 2 amide bonds. The summed E-state index contributed by atoms with van der Waals surface area (Å²) in [6, 6.07) is 5.22. The van der Waals surface area contributed by atoms with Crippen LogP contribution in [0.5, 0.6) is 0 Å². The molecule has 0 saturated carbocycles. The van der Waals surface area contributed by atoms with Crippen molar-refractivity contribution < 1.29 is 14.3 Å². The topological polar surface area (TPSA) is 70.7 Å². The highest BCUT2D eigenvalue weighted by Gasteiger charge is 2.34. The van der Waals surface area contributed by atoms with Crippen LogP contribution in [0.3, 0.4) is 0 Å². The number of hydrogen-bond donors (Lipinski definition) is 2. The van der Waals surface area contributed by atoms with Crippen molar-refractivity contribution in [2.45, 2.75) is 19.9 Å². The maximum absolute atomic E-state index is 12.6. The first-order chi connectivity index (χ1) is 12.5. The fraction of sp³-hybridized carbons (Fsp3) is 0.474. The van der Waals surface area contributed by atoms with E-state index < -0.39 is 12.0 Å². The van der Waals surface area contributed by atoms with E-state index in [0.717, 1.165) is 41.3 Å². The maximum atomic E-state index is 12.6. The summed E-state index contributed by atoms with van der Waals surface area (Å²) in [6.07, 6.45) is 0. The molecular formula is C19H25N3O3S. The van der Waals surface area contributed by atoms with E-state index in [1.165, 1.54) is 7.11 Å². The van der Waals surface area contributed by atoms with Crippen molar-refractivity contribution in [2.75, 3.05) is 38.2 Å². The Kier molecular flexibility index (Phi) is 5.88. The third kappa shape index (κ3) is 4.04. The number of esters is 1. The number of urea groups is 1. The lowest BCUT2D eigenvalue weighted by molar-refractivity contribution is -0.136. The van der Waals surface area contributed by atoms with E-state index >= 15 is 0 Å². The van der Waals surface area contributed by atoms with E-state index in [9.17, 15) is 9.59 Å². The Labute approximate surface area is 158 Å². The van der Waals surface area contributed by atoms with Gasteiger partial charge in [-0.15, -0.1) is 0 Å². The fourth-order valence-electron chi connectivity index (χ4n) is 3.46. The Bertz CT molecular complexity index is 742. The van der Waals surface area contributed by atoms with Gasteiger partial charge in [-0.3, -0.25) is 4.90 Å². The van der Waals surface area contributed by atoms with Crippen LogP contribution in [0, 0.1) is 13.8 Å². The molecule has 26 heavy (non-hydrogen) atoms. The van der Waals surface area contributed by atoms with E-state index in [2.05, 4.69) is 21.6 Å². The van der Waals surface area contributed by atoms with Crippen LogP contribution in [-0.4, -0.2) is 55.2 Å². The van der Waals surface area contributed by atoms with Gasteiger partial charge >= 0.3 is 12.0 Å². The van der Waals surface area contributed by atoms with E-state index in [1.807, 2.05) is 37.7 Å². The Morgan fingerprint density at radius 1 is 1.31 bits per heavy atom. The minimum atomic E-state index is -0.508. The molecule has 6 nitrogen and oxygen atoms in total. The molecule has 1 aromatic carbocycles. The molecule has 3 rings (SSSR count). The predicted molar refractivity (Wildman–Crippen MR) is 103 cm³/mol. The number of hydrogen-bond acceptors (Lipinski definition) is 5. The van der Waals surface area contributed by atoms with Gasteiger partial charge in [-0.2, -0.15) is 11.8 Å². The van der Waals surface area contributed by atoms with Gasteiger partial charge in [0.25, 0.3) is 0 Å². The van der Waals surface area contributed by atoms with Crippen LogP contribution in [0.2, 0.25) is 0 Å². The summed E-state index contributed by atoms with van der Waals surface area (Å²) in [6.45, 7) is 6.45. The van der Waals surface area contributed by atoms with Crippen LogP contribution in [-0.2, 0) is 9.53 Å². The summed E-state index contributed by atoms with van der Waals surface area (Å²) in [7, 11) is 1.37. The number of aryl methyl sites for hydroxylation is 2. The van der Waals surface area contributed by atoms with Crippen LogP contribution in [0.4, 0.5) is 4.79 Å². The average Bonchev–Trinajstić information content (AvgIpc) is 2.61. The van der Waals surface area contributed by atoms with Gasteiger partial charge in [-0.05, 0) is 25.0 Å². The monoisotopic (exact) mass is 375 g/mol. The van der Waals surface area contributed by atoms with Crippen molar-refractivity contribution in [2.24, 2.45) is 0 Å². The number of rotatable bonds is 4. The van der Waals surface area contributed by atoms with E-state index in [-0.39, 0.29) is 6.03 Å². The minimum Gasteiger partial charge on any atom is -0.466 e. The number of nitrogens with one attached hydrogen (secondary N) is 2. The largest absolute Gasteiger partial charge is 0.466 e. The number of nitrogens with zero attached hydrogens (tertiary/aromatic N) is 1. The lowest BCUT2D eigenvalue weighted by Gasteiger charge is -2.33. The van der Waals surface area contributed by atoms with Crippen molar-refractivity contribution >= 4 is 23.8 Å². The molecule has 1 fully saturated rings. The summed E-state index contributed by atoms with van der Waals surface area (Å²) in [4.78, 5) is 27.2. The third-order valence-electron chi connectivity index (χ3n) is 4.78. The van der Waals surface area contributed by atoms with E-state index in [1.54, 1.807) is 0 Å². The van der Waals surface area contributed by atoms with E-state index in [0.29, 0.717) is 17.8 Å². The second kappa shape index (κ2) is 8.14. The number of ether oxygens (including phenoxy) is 1. The van der Waals surface area contributed by atoms with Gasteiger partial charge in [0.15, 0.2) is 0 Å². The predicted octanol–water partition coefficient (Wildman–Crippen LogP) is 2.13. The summed E-state index contributed by atoms with van der Waals surface area (Å²) in [5, 5.41) is 5.73. The number of methoxy groups -OCH3 is 1. The molecule has 1 saturated heterocycles. The van der Waals surface area contributed by atoms with E-state index in [4.69, 9.17) is 4.74 Å². The molecule has 1 atom stereocenters. The molecule has 0 bridgehead atoms. The minimum absolute atomic E-state index is 0.288. The highest BCUT2D eigenvalue weighted by atomic mass is 32.2. The van der Waals surface area contributed by atoms with Crippen LogP contribution >= 0.6 is 11.8 Å². The van der Waals surface area contributed by atoms with Gasteiger partial charge in [0.1, 0.15) is 0 Å². The molecule has 0 spiro atoms. The van der Waals surface area contributed by atoms with Crippen LogP contribution in [0.1, 0.15) is 22.7 Å². The molecule has 0 aliphatic carbocycles. The molecular weight excluding hydrogens is 350 g/mol. The van der Waals surface area contributed by atoms with Crippen molar-refractivity contribution in [3.05, 3.63) is 46.2 Å². The van der Waals surface area contributed by atoms with Gasteiger partial charge < -0.3 is 15.4 Å². The number of carbonyl (C=O) groups is 2. The number of amides is 2. The summed E-state index contributed by atoms with van der Waals surface area (Å²) in [5.74, 6) is 1.71. The number of benzene rings is 1. The van der Waals surface area contributed by atoms with Gasteiger partial charge in [0.05, 0.1) is 18.7 Å². The molecule has 7 heteroatoms. The normalized spacial score (nSPS) is 21.2. The zero-order valence-electron chi connectivity index (χ0n) is 15.4. The molecule has 0 unspecified atom stereocenters. The molecule has 0 radical (unpaired) electrons. The Morgan fingerprint density at radius 2 is 2.04 bits per heavy atom. The zero-order valence-corrected chi connectivity index (χ0v) is 16.2. The molecule has 140 valence electrons. The van der Waals surface area contributed by atoms with Gasteiger partial charge in [-0.25, -0.2) is 9.59 Å². The smallest absolute Gasteiger partial charge is 0.338 e. The first-order valence-electron chi connectivity index (χ1n) is 8.75. The van der Waals surface area contributed by atoms with Crippen LogP contribution in [0.25, 0.3) is 0 Å². The van der Waals surface area contributed by atoms with Gasteiger partial charge in [0.2, 0.25) is 0 Å². The molecule has 2 aliphatic heterocycles. The zero-order chi connectivity index (χ0) is 18.7. The van der Waals surface area contributed by atoms with Crippen molar-refractivity contribution in [3.8, 4) is 0 Å². The molecule has 1 aromatic rings. The maximum Gasteiger partial charge on any atom is 0.338 e. The van der Waals surface area contributed by atoms with Gasteiger partial charge in [-0.1, -0.05) is 23.8 Å². The Hall–Kier alpha value is -1.99.